The first-order chi connectivity index (χ1) is 17.9. The summed E-state index contributed by atoms with van der Waals surface area (Å²) in [6, 6.07) is 16.5. The van der Waals surface area contributed by atoms with Crippen LogP contribution >= 0.6 is 0 Å². The van der Waals surface area contributed by atoms with Crippen LogP contribution in [0.4, 0.5) is 0 Å². The van der Waals surface area contributed by atoms with Gasteiger partial charge in [0.2, 0.25) is 11.8 Å². The molecule has 3 aromatic rings. The normalized spacial score (nSPS) is 11.9. The van der Waals surface area contributed by atoms with E-state index in [0.29, 0.717) is 0 Å². The van der Waals surface area contributed by atoms with Crippen LogP contribution in [0, 0.1) is 0 Å². The largest absolute Gasteiger partial charge is 0.464 e. The maximum atomic E-state index is 12.8. The molecule has 3 rings (SSSR count). The van der Waals surface area contributed by atoms with Crippen LogP contribution in [-0.2, 0) is 43.4 Å². The van der Waals surface area contributed by atoms with Crippen LogP contribution in [0.15, 0.2) is 54.6 Å². The van der Waals surface area contributed by atoms with Crippen molar-refractivity contribution in [3.05, 3.63) is 71.4 Å². The number of amides is 2. The van der Waals surface area contributed by atoms with Crippen LogP contribution < -0.4 is 10.8 Å². The lowest BCUT2D eigenvalue weighted by Gasteiger charge is -2.18. The summed E-state index contributed by atoms with van der Waals surface area (Å²) in [5.41, 5.74) is 6.24. The molecule has 0 spiro atoms. The zero-order valence-corrected chi connectivity index (χ0v) is 21.7. The van der Waals surface area contributed by atoms with Crippen molar-refractivity contribution in [1.29, 1.82) is 0 Å². The first-order valence-corrected chi connectivity index (χ1v) is 12.5. The van der Waals surface area contributed by atoms with Crippen molar-refractivity contribution in [2.75, 3.05) is 27.2 Å². The van der Waals surface area contributed by atoms with Gasteiger partial charge < -0.3 is 19.9 Å². The topological polar surface area (TPSA) is 113 Å². The molecule has 37 heavy (non-hydrogen) atoms. The maximum Gasteiger partial charge on any atom is 0.328 e. The van der Waals surface area contributed by atoms with E-state index in [1.54, 1.807) is 6.92 Å². The highest BCUT2D eigenvalue weighted by Gasteiger charge is 2.26. The minimum absolute atomic E-state index is 0.0721. The second-order valence-electron chi connectivity index (χ2n) is 9.06. The molecule has 1 unspecified atom stereocenters. The van der Waals surface area contributed by atoms with Gasteiger partial charge in [-0.2, -0.15) is 0 Å². The Morgan fingerprint density at radius 2 is 1.68 bits per heavy atom. The van der Waals surface area contributed by atoms with Crippen molar-refractivity contribution in [2.24, 2.45) is 0 Å². The number of esters is 1. The van der Waals surface area contributed by atoms with Crippen molar-refractivity contribution in [3.8, 4) is 0 Å². The number of ether oxygens (including phenoxy) is 1. The number of hydrogen-bond donors (Lipinski definition) is 3. The van der Waals surface area contributed by atoms with Crippen molar-refractivity contribution >= 4 is 28.7 Å². The molecule has 0 saturated carbocycles. The molecule has 0 aliphatic carbocycles. The Bertz CT molecular complexity index is 1180. The van der Waals surface area contributed by atoms with Crippen molar-refractivity contribution in [1.82, 2.24) is 20.7 Å². The van der Waals surface area contributed by atoms with Crippen LogP contribution in [0.25, 0.3) is 10.9 Å². The summed E-state index contributed by atoms with van der Waals surface area (Å²) in [4.78, 5) is 48.4. The highest BCUT2D eigenvalue weighted by atomic mass is 16.6. The number of carbonyl (C=O) groups is 3. The number of aromatic nitrogens is 1. The molecular formula is C28H36N4O5. The number of nitrogens with zero attached hydrogens (tertiary/aromatic N) is 1. The highest BCUT2D eigenvalue weighted by Crippen LogP contribution is 2.25. The van der Waals surface area contributed by atoms with Crippen molar-refractivity contribution in [2.45, 2.75) is 45.3 Å². The molecule has 0 bridgehead atoms. The van der Waals surface area contributed by atoms with E-state index in [0.717, 1.165) is 40.7 Å². The number of nitrogens with one attached hydrogen (secondary N) is 3. The lowest BCUT2D eigenvalue weighted by Crippen LogP contribution is -2.43. The van der Waals surface area contributed by atoms with Gasteiger partial charge in [0.1, 0.15) is 6.04 Å². The first kappa shape index (κ1) is 27.9. The van der Waals surface area contributed by atoms with E-state index in [1.807, 2.05) is 68.7 Å². The fourth-order valence-corrected chi connectivity index (χ4v) is 4.00. The molecule has 0 saturated heterocycles. The Balaban J connectivity index is 1.61. The van der Waals surface area contributed by atoms with E-state index in [1.165, 1.54) is 0 Å². The predicted octanol–water partition coefficient (Wildman–Crippen LogP) is 2.89. The van der Waals surface area contributed by atoms with Crippen LogP contribution in [0.1, 0.15) is 36.6 Å². The molecule has 9 nitrogen and oxygen atoms in total. The standard InChI is InChI=1S/C28H36N4O5/c1-4-36-28(35)25(18-22-21-12-8-9-13-23(21)29-24(22)16-17-32(2)3)30-26(33)14-15-27(34)31-37-19-20-10-6-5-7-11-20/h5-13,25,29H,4,14-19H2,1-3H3,(H,30,33)(H,31,34). The molecule has 2 aromatic carbocycles. The van der Waals surface area contributed by atoms with Gasteiger partial charge in [0.05, 0.1) is 13.2 Å². The lowest BCUT2D eigenvalue weighted by molar-refractivity contribution is -0.147. The Labute approximate surface area is 217 Å². The van der Waals surface area contributed by atoms with Gasteiger partial charge in [0, 0.05) is 48.8 Å². The Morgan fingerprint density at radius 1 is 0.973 bits per heavy atom. The molecule has 3 N–H and O–H groups in total. The van der Waals surface area contributed by atoms with Crippen LogP contribution in [-0.4, -0.2) is 61.0 Å². The predicted molar refractivity (Wildman–Crippen MR) is 141 cm³/mol. The summed E-state index contributed by atoms with van der Waals surface area (Å²) in [5, 5.41) is 3.78. The Hall–Kier alpha value is -3.69. The smallest absolute Gasteiger partial charge is 0.328 e. The van der Waals surface area contributed by atoms with Gasteiger partial charge in [-0.3, -0.25) is 14.4 Å². The molecular weight excluding hydrogens is 472 g/mol. The summed E-state index contributed by atoms with van der Waals surface area (Å²) in [6.07, 6.45) is 0.891. The van der Waals surface area contributed by atoms with Gasteiger partial charge in [-0.1, -0.05) is 48.5 Å². The molecule has 0 radical (unpaired) electrons. The molecule has 1 atom stereocenters. The molecule has 198 valence electrons. The molecule has 1 heterocycles. The molecule has 2 amide bonds. The Morgan fingerprint density at radius 3 is 2.41 bits per heavy atom. The number of hydrogen-bond acceptors (Lipinski definition) is 6. The minimum atomic E-state index is -0.873. The number of fused-ring (bicyclic) bond motifs is 1. The van der Waals surface area contributed by atoms with E-state index in [-0.39, 0.29) is 32.5 Å². The van der Waals surface area contributed by atoms with Gasteiger partial charge in [0.25, 0.3) is 0 Å². The van der Waals surface area contributed by atoms with E-state index < -0.39 is 23.8 Å². The second kappa shape index (κ2) is 14.2. The summed E-state index contributed by atoms with van der Waals surface area (Å²) in [7, 11) is 4.01. The maximum absolute atomic E-state index is 12.8. The fourth-order valence-electron chi connectivity index (χ4n) is 4.00. The number of para-hydroxylation sites is 1. The third-order valence-electron chi connectivity index (χ3n) is 5.87. The number of H-pyrrole nitrogens is 1. The number of likely N-dealkylation sites (N-methyl/N-ethyl adjacent to an activating group) is 1. The molecule has 1 aromatic heterocycles. The summed E-state index contributed by atoms with van der Waals surface area (Å²) >= 11 is 0. The lowest BCUT2D eigenvalue weighted by atomic mass is 10.0. The highest BCUT2D eigenvalue weighted by molar-refractivity contribution is 5.89. The van der Waals surface area contributed by atoms with Gasteiger partial charge >= 0.3 is 5.97 Å². The van der Waals surface area contributed by atoms with E-state index in [9.17, 15) is 14.4 Å². The third kappa shape index (κ3) is 8.73. The molecule has 0 aliphatic heterocycles. The van der Waals surface area contributed by atoms with Gasteiger partial charge in [0.15, 0.2) is 0 Å². The van der Waals surface area contributed by atoms with E-state index in [2.05, 4.69) is 20.7 Å². The van der Waals surface area contributed by atoms with Crippen molar-refractivity contribution in [3.63, 3.8) is 0 Å². The van der Waals surface area contributed by atoms with Crippen LogP contribution in [0.5, 0.6) is 0 Å². The number of benzene rings is 2. The molecule has 0 fully saturated rings. The van der Waals surface area contributed by atoms with Gasteiger partial charge in [-0.25, -0.2) is 10.3 Å². The third-order valence-corrected chi connectivity index (χ3v) is 5.87. The number of aromatic amines is 1. The average molecular weight is 509 g/mol. The van der Waals surface area contributed by atoms with Gasteiger partial charge in [-0.15, -0.1) is 0 Å². The monoisotopic (exact) mass is 508 g/mol. The quantitative estimate of drug-likeness (QED) is 0.228. The zero-order valence-electron chi connectivity index (χ0n) is 21.7. The summed E-state index contributed by atoms with van der Waals surface area (Å²) in [5.74, 6) is -1.33. The van der Waals surface area contributed by atoms with Crippen LogP contribution in [0.3, 0.4) is 0 Å². The second-order valence-corrected chi connectivity index (χ2v) is 9.06. The summed E-state index contributed by atoms with van der Waals surface area (Å²) in [6.45, 7) is 2.99. The van der Waals surface area contributed by atoms with Crippen LogP contribution in [0.2, 0.25) is 0 Å². The number of hydroxylamine groups is 1. The summed E-state index contributed by atoms with van der Waals surface area (Å²) < 4.78 is 5.25. The van der Waals surface area contributed by atoms with Gasteiger partial charge in [-0.05, 0) is 38.2 Å². The number of rotatable bonds is 14. The molecule has 9 heteroatoms. The first-order valence-electron chi connectivity index (χ1n) is 12.5. The zero-order chi connectivity index (χ0) is 26.6. The molecule has 0 aliphatic rings. The SMILES string of the molecule is CCOC(=O)C(Cc1c(CCN(C)C)[nH]c2ccccc12)NC(=O)CCC(=O)NOCc1ccccc1. The Kier molecular flexibility index (Phi) is 10.7. The fraction of sp³-hybridized carbons (Fsp3) is 0.393. The average Bonchev–Trinajstić information content (AvgIpc) is 3.24. The van der Waals surface area contributed by atoms with E-state index >= 15 is 0 Å². The van der Waals surface area contributed by atoms with E-state index in [4.69, 9.17) is 9.57 Å². The minimum Gasteiger partial charge on any atom is -0.464 e. The van der Waals surface area contributed by atoms with Crippen molar-refractivity contribution < 1.29 is 24.0 Å². The number of carbonyl (C=O) groups excluding carboxylic acids is 3.